The van der Waals surface area contributed by atoms with Crippen molar-refractivity contribution in [2.45, 2.75) is 77.4 Å². The van der Waals surface area contributed by atoms with Crippen LogP contribution in [0.2, 0.25) is 0 Å². The van der Waals surface area contributed by atoms with Gasteiger partial charge in [-0.3, -0.25) is 0 Å². The van der Waals surface area contributed by atoms with Gasteiger partial charge in [-0.2, -0.15) is 0 Å². The van der Waals surface area contributed by atoms with Crippen LogP contribution in [0.4, 0.5) is 0 Å². The lowest BCUT2D eigenvalue weighted by atomic mass is 9.86. The van der Waals surface area contributed by atoms with Gasteiger partial charge in [0, 0.05) is 0 Å². The van der Waals surface area contributed by atoms with Crippen molar-refractivity contribution in [2.75, 3.05) is 0 Å². The van der Waals surface area contributed by atoms with E-state index < -0.39 is 5.60 Å². The predicted molar refractivity (Wildman–Crippen MR) is 87.6 cm³/mol. The number of benzene rings is 1. The Bertz CT molecular complexity index is 424. The second-order valence-corrected chi connectivity index (χ2v) is 6.81. The Kier molecular flexibility index (Phi) is 5.69. The molecule has 2 unspecified atom stereocenters. The summed E-state index contributed by atoms with van der Waals surface area (Å²) in [5.74, 6) is 1.68. The van der Waals surface area contributed by atoms with E-state index in [1.807, 2.05) is 38.1 Å². The van der Waals surface area contributed by atoms with Crippen molar-refractivity contribution >= 4 is 0 Å². The maximum Gasteiger partial charge on any atom is 0.119 e. The lowest BCUT2D eigenvalue weighted by Crippen LogP contribution is -2.24. The van der Waals surface area contributed by atoms with Crippen LogP contribution in [0.3, 0.4) is 0 Å². The van der Waals surface area contributed by atoms with Crippen LogP contribution >= 0.6 is 0 Å². The Balaban J connectivity index is 2.05. The van der Waals surface area contributed by atoms with E-state index in [1.165, 1.54) is 19.3 Å². The molecule has 0 radical (unpaired) electrons. The van der Waals surface area contributed by atoms with E-state index in [4.69, 9.17) is 4.74 Å². The van der Waals surface area contributed by atoms with Crippen molar-refractivity contribution in [3.05, 3.63) is 29.8 Å². The van der Waals surface area contributed by atoms with Gasteiger partial charge in [-0.15, -0.1) is 0 Å². The Morgan fingerprint density at radius 3 is 2.52 bits per heavy atom. The van der Waals surface area contributed by atoms with E-state index in [0.717, 1.165) is 42.9 Å². The second-order valence-electron chi connectivity index (χ2n) is 6.81. The lowest BCUT2D eigenvalue weighted by molar-refractivity contribution is 0.0195. The third-order valence-corrected chi connectivity index (χ3v) is 4.63. The first-order chi connectivity index (χ1) is 10.0. The molecule has 1 N–H and O–H groups in total. The standard InChI is InChI=1S/C19H30O2/c1-4-6-16-7-5-13-19(20,14-12-16)17-8-10-18(11-9-17)21-15(2)3/h8-11,15-16,20H,4-7,12-14H2,1-3H3. The number of hydrogen-bond donors (Lipinski definition) is 1. The van der Waals surface area contributed by atoms with Gasteiger partial charge < -0.3 is 9.84 Å². The quantitative estimate of drug-likeness (QED) is 0.770. The zero-order valence-electron chi connectivity index (χ0n) is 13.8. The van der Waals surface area contributed by atoms with Gasteiger partial charge >= 0.3 is 0 Å². The fraction of sp³-hybridized carbons (Fsp3) is 0.684. The molecule has 0 aromatic heterocycles. The molecule has 21 heavy (non-hydrogen) atoms. The monoisotopic (exact) mass is 290 g/mol. The molecule has 1 aromatic rings. The molecule has 118 valence electrons. The summed E-state index contributed by atoms with van der Waals surface area (Å²) in [5.41, 5.74) is 0.412. The summed E-state index contributed by atoms with van der Waals surface area (Å²) < 4.78 is 5.68. The zero-order valence-corrected chi connectivity index (χ0v) is 13.8. The summed E-state index contributed by atoms with van der Waals surface area (Å²) in [5, 5.41) is 11.0. The molecule has 0 spiro atoms. The maximum atomic E-state index is 11.0. The molecule has 1 aliphatic rings. The Labute approximate surface area is 129 Å². The number of aliphatic hydroxyl groups is 1. The van der Waals surface area contributed by atoms with E-state index in [9.17, 15) is 5.11 Å². The molecule has 1 aliphatic carbocycles. The van der Waals surface area contributed by atoms with Gasteiger partial charge in [0.25, 0.3) is 0 Å². The first kappa shape index (κ1) is 16.4. The largest absolute Gasteiger partial charge is 0.491 e. The van der Waals surface area contributed by atoms with Crippen molar-refractivity contribution in [2.24, 2.45) is 5.92 Å². The Morgan fingerprint density at radius 1 is 1.19 bits per heavy atom. The third-order valence-electron chi connectivity index (χ3n) is 4.63. The van der Waals surface area contributed by atoms with Crippen LogP contribution in [-0.4, -0.2) is 11.2 Å². The van der Waals surface area contributed by atoms with E-state index in [1.54, 1.807) is 0 Å². The van der Waals surface area contributed by atoms with Gasteiger partial charge in [-0.25, -0.2) is 0 Å². The average Bonchev–Trinajstić information content (AvgIpc) is 2.63. The molecule has 0 bridgehead atoms. The molecule has 1 fully saturated rings. The van der Waals surface area contributed by atoms with Crippen molar-refractivity contribution in [3.63, 3.8) is 0 Å². The summed E-state index contributed by atoms with van der Waals surface area (Å²) in [6.45, 7) is 6.31. The van der Waals surface area contributed by atoms with Crippen molar-refractivity contribution in [1.82, 2.24) is 0 Å². The highest BCUT2D eigenvalue weighted by molar-refractivity contribution is 5.31. The lowest BCUT2D eigenvalue weighted by Gasteiger charge is -2.27. The van der Waals surface area contributed by atoms with E-state index >= 15 is 0 Å². The Hall–Kier alpha value is -1.02. The normalized spacial score (nSPS) is 26.6. The van der Waals surface area contributed by atoms with E-state index in [2.05, 4.69) is 6.92 Å². The van der Waals surface area contributed by atoms with Gasteiger partial charge in [-0.1, -0.05) is 38.3 Å². The highest BCUT2D eigenvalue weighted by Gasteiger charge is 2.32. The minimum absolute atomic E-state index is 0.187. The third kappa shape index (κ3) is 4.47. The highest BCUT2D eigenvalue weighted by Crippen LogP contribution is 2.39. The number of hydrogen-bond acceptors (Lipinski definition) is 2. The molecule has 2 nitrogen and oxygen atoms in total. The molecule has 0 amide bonds. The SMILES string of the molecule is CCCC1CCCC(O)(c2ccc(OC(C)C)cc2)CC1. The molecule has 0 saturated heterocycles. The van der Waals surface area contributed by atoms with Gasteiger partial charge in [0.15, 0.2) is 0 Å². The minimum atomic E-state index is -0.640. The van der Waals surface area contributed by atoms with Crippen LogP contribution in [-0.2, 0) is 5.60 Å². The summed E-state index contributed by atoms with van der Waals surface area (Å²) in [6, 6.07) is 8.05. The van der Waals surface area contributed by atoms with Crippen LogP contribution in [0.1, 0.15) is 71.3 Å². The van der Waals surface area contributed by atoms with Gasteiger partial charge in [0.2, 0.25) is 0 Å². The molecule has 0 aliphatic heterocycles. The molecule has 2 heteroatoms. The maximum absolute atomic E-state index is 11.0. The first-order valence-electron chi connectivity index (χ1n) is 8.53. The average molecular weight is 290 g/mol. The summed E-state index contributed by atoms with van der Waals surface area (Å²) >= 11 is 0. The van der Waals surface area contributed by atoms with Crippen LogP contribution < -0.4 is 4.74 Å². The number of ether oxygens (including phenoxy) is 1. The van der Waals surface area contributed by atoms with Gasteiger partial charge in [-0.05, 0) is 63.1 Å². The summed E-state index contributed by atoms with van der Waals surface area (Å²) in [6.07, 6.45) is 8.07. The van der Waals surface area contributed by atoms with Crippen LogP contribution in [0.5, 0.6) is 5.75 Å². The van der Waals surface area contributed by atoms with Crippen molar-refractivity contribution in [1.29, 1.82) is 0 Å². The van der Waals surface area contributed by atoms with Crippen molar-refractivity contribution < 1.29 is 9.84 Å². The van der Waals surface area contributed by atoms with Crippen LogP contribution in [0, 0.1) is 5.92 Å². The van der Waals surface area contributed by atoms with Gasteiger partial charge in [0.05, 0.1) is 11.7 Å². The van der Waals surface area contributed by atoms with Crippen LogP contribution in [0.25, 0.3) is 0 Å². The summed E-state index contributed by atoms with van der Waals surface area (Å²) in [4.78, 5) is 0. The fourth-order valence-corrected chi connectivity index (χ4v) is 3.50. The zero-order chi connectivity index (χ0) is 15.3. The number of rotatable bonds is 5. The summed E-state index contributed by atoms with van der Waals surface area (Å²) in [7, 11) is 0. The smallest absolute Gasteiger partial charge is 0.119 e. The van der Waals surface area contributed by atoms with Gasteiger partial charge in [0.1, 0.15) is 5.75 Å². The first-order valence-corrected chi connectivity index (χ1v) is 8.53. The second kappa shape index (κ2) is 7.31. The fourth-order valence-electron chi connectivity index (χ4n) is 3.50. The molecule has 2 atom stereocenters. The highest BCUT2D eigenvalue weighted by atomic mass is 16.5. The molecule has 0 heterocycles. The molecule has 1 saturated carbocycles. The van der Waals surface area contributed by atoms with Crippen molar-refractivity contribution in [3.8, 4) is 5.75 Å². The minimum Gasteiger partial charge on any atom is -0.491 e. The topological polar surface area (TPSA) is 29.5 Å². The molecule has 2 rings (SSSR count). The van der Waals surface area contributed by atoms with E-state index in [-0.39, 0.29) is 6.10 Å². The van der Waals surface area contributed by atoms with E-state index in [0.29, 0.717) is 0 Å². The molecule has 1 aromatic carbocycles. The predicted octanol–water partition coefficient (Wildman–Crippen LogP) is 5.04. The molecular weight excluding hydrogens is 260 g/mol. The van der Waals surface area contributed by atoms with Crippen LogP contribution in [0.15, 0.2) is 24.3 Å². The Morgan fingerprint density at radius 2 is 1.90 bits per heavy atom. The molecular formula is C19H30O2.